The van der Waals surface area contributed by atoms with Crippen LogP contribution in [0, 0.1) is 21.4 Å². The number of carboxylic acids is 1. The molecule has 1 N–H and O–H groups in total. The Hall–Kier alpha value is -2.37. The van der Waals surface area contributed by atoms with Crippen molar-refractivity contribution in [1.82, 2.24) is 0 Å². The second kappa shape index (κ2) is 5.73. The highest BCUT2D eigenvalue weighted by Gasteiger charge is 2.17. The molecule has 0 radical (unpaired) electrons. The first-order chi connectivity index (χ1) is 9.51. The zero-order valence-corrected chi connectivity index (χ0v) is 11.4. The predicted octanol–water partition coefficient (Wildman–Crippen LogP) is 3.38. The highest BCUT2D eigenvalue weighted by molar-refractivity contribution is 7.99. The molecule has 0 aliphatic heterocycles. The van der Waals surface area contributed by atoms with Crippen molar-refractivity contribution in [2.45, 2.75) is 9.79 Å². The van der Waals surface area contributed by atoms with Crippen molar-refractivity contribution in [2.75, 3.05) is 0 Å². The molecule has 1 aromatic heterocycles. The van der Waals surface area contributed by atoms with E-state index in [9.17, 15) is 14.9 Å². The Balaban J connectivity index is 2.38. The van der Waals surface area contributed by atoms with E-state index in [-0.39, 0.29) is 10.6 Å². The maximum atomic E-state index is 10.9. The van der Waals surface area contributed by atoms with E-state index < -0.39 is 10.9 Å². The van der Waals surface area contributed by atoms with Gasteiger partial charge in [0.15, 0.2) is 0 Å². The minimum absolute atomic E-state index is 0.114. The lowest BCUT2D eigenvalue weighted by Crippen LogP contribution is -1.92. The number of nitrogens with zero attached hydrogens (tertiary/aromatic N) is 2. The Morgan fingerprint density at radius 3 is 2.75 bits per heavy atom. The average molecular weight is 306 g/mol. The Kier molecular flexibility index (Phi) is 4.02. The van der Waals surface area contributed by atoms with Gasteiger partial charge in [0.2, 0.25) is 0 Å². The molecule has 0 spiro atoms. The standard InChI is InChI=1S/C12H6N2O4S2/c13-5-7-1-2-9(14(17)18)10(3-7)20-8-4-11(12(15)16)19-6-8/h1-4,6H,(H,15,16). The van der Waals surface area contributed by atoms with Gasteiger partial charge < -0.3 is 5.11 Å². The van der Waals surface area contributed by atoms with E-state index in [4.69, 9.17) is 10.4 Å². The molecule has 0 amide bonds. The van der Waals surface area contributed by atoms with Crippen molar-refractivity contribution < 1.29 is 14.8 Å². The summed E-state index contributed by atoms with van der Waals surface area (Å²) in [4.78, 5) is 22.3. The van der Waals surface area contributed by atoms with Gasteiger partial charge in [-0.2, -0.15) is 5.26 Å². The topological polar surface area (TPSA) is 104 Å². The molecule has 2 aromatic rings. The van der Waals surface area contributed by atoms with Crippen LogP contribution in [-0.4, -0.2) is 16.0 Å². The molecule has 1 heterocycles. The van der Waals surface area contributed by atoms with Crippen molar-refractivity contribution in [1.29, 1.82) is 5.26 Å². The third-order valence-corrected chi connectivity index (χ3v) is 4.39. The van der Waals surface area contributed by atoms with Crippen LogP contribution in [0.2, 0.25) is 0 Å². The molecule has 1 aromatic carbocycles. The number of thiophene rings is 1. The van der Waals surface area contributed by atoms with Crippen molar-refractivity contribution >= 4 is 34.8 Å². The first-order valence-electron chi connectivity index (χ1n) is 5.19. The Labute approximate surface area is 121 Å². The lowest BCUT2D eigenvalue weighted by Gasteiger charge is -2.01. The van der Waals surface area contributed by atoms with E-state index in [0.717, 1.165) is 23.1 Å². The zero-order valence-electron chi connectivity index (χ0n) is 9.77. The van der Waals surface area contributed by atoms with Crippen LogP contribution >= 0.6 is 23.1 Å². The number of nitriles is 1. The fourth-order valence-corrected chi connectivity index (χ4v) is 3.31. The summed E-state index contributed by atoms with van der Waals surface area (Å²) in [6.45, 7) is 0. The maximum Gasteiger partial charge on any atom is 0.345 e. The lowest BCUT2D eigenvalue weighted by molar-refractivity contribution is -0.387. The van der Waals surface area contributed by atoms with Gasteiger partial charge in [-0.1, -0.05) is 11.8 Å². The van der Waals surface area contributed by atoms with Gasteiger partial charge in [0, 0.05) is 16.3 Å². The Morgan fingerprint density at radius 1 is 1.45 bits per heavy atom. The van der Waals surface area contributed by atoms with Gasteiger partial charge in [0.1, 0.15) is 4.88 Å². The van der Waals surface area contributed by atoms with Crippen LogP contribution in [0.15, 0.2) is 39.4 Å². The first-order valence-corrected chi connectivity index (χ1v) is 6.89. The first kappa shape index (κ1) is 14.0. The van der Waals surface area contributed by atoms with E-state index >= 15 is 0 Å². The summed E-state index contributed by atoms with van der Waals surface area (Å²) < 4.78 is 0. The van der Waals surface area contributed by atoms with Gasteiger partial charge >= 0.3 is 5.97 Å². The van der Waals surface area contributed by atoms with Crippen molar-refractivity contribution in [3.63, 3.8) is 0 Å². The molecule has 0 saturated carbocycles. The van der Waals surface area contributed by atoms with Crippen LogP contribution in [0.4, 0.5) is 5.69 Å². The molecular formula is C12H6N2O4S2. The number of rotatable bonds is 4. The Bertz CT molecular complexity index is 733. The smallest absolute Gasteiger partial charge is 0.345 e. The van der Waals surface area contributed by atoms with E-state index in [2.05, 4.69) is 0 Å². The molecular weight excluding hydrogens is 300 g/mol. The number of hydrogen-bond donors (Lipinski definition) is 1. The van der Waals surface area contributed by atoms with Crippen molar-refractivity contribution in [3.05, 3.63) is 50.2 Å². The SMILES string of the molecule is N#Cc1ccc([N+](=O)[O-])c(Sc2csc(C(=O)O)c2)c1. The normalized spacial score (nSPS) is 9.95. The van der Waals surface area contributed by atoms with E-state index in [0.29, 0.717) is 15.4 Å². The molecule has 0 aliphatic carbocycles. The summed E-state index contributed by atoms with van der Waals surface area (Å²) in [5.41, 5.74) is 0.198. The number of carboxylic acid groups (broad SMARTS) is 1. The summed E-state index contributed by atoms with van der Waals surface area (Å²) in [6.07, 6.45) is 0. The molecule has 2 rings (SSSR count). The molecule has 20 heavy (non-hydrogen) atoms. The molecule has 0 unspecified atom stereocenters. The average Bonchev–Trinajstić information content (AvgIpc) is 2.87. The van der Waals surface area contributed by atoms with Crippen LogP contribution in [0.3, 0.4) is 0 Å². The highest BCUT2D eigenvalue weighted by atomic mass is 32.2. The number of benzene rings is 1. The largest absolute Gasteiger partial charge is 0.477 e. The lowest BCUT2D eigenvalue weighted by atomic mass is 10.2. The highest BCUT2D eigenvalue weighted by Crippen LogP contribution is 2.37. The minimum atomic E-state index is -1.04. The second-order valence-electron chi connectivity index (χ2n) is 3.61. The molecule has 0 saturated heterocycles. The number of nitro benzene ring substituents is 1. The fourth-order valence-electron chi connectivity index (χ4n) is 1.43. The maximum absolute atomic E-state index is 10.9. The number of aromatic carboxylic acids is 1. The summed E-state index contributed by atoms with van der Waals surface area (Å²) in [5.74, 6) is -1.04. The quantitative estimate of drug-likeness (QED) is 0.686. The van der Waals surface area contributed by atoms with Gasteiger partial charge in [-0.25, -0.2) is 4.79 Å². The summed E-state index contributed by atoms with van der Waals surface area (Å²) >= 11 is 2.11. The van der Waals surface area contributed by atoms with Crippen LogP contribution in [-0.2, 0) is 0 Å². The molecule has 0 bridgehead atoms. The summed E-state index contributed by atoms with van der Waals surface area (Å²) in [7, 11) is 0. The Morgan fingerprint density at radius 2 is 2.20 bits per heavy atom. The van der Waals surface area contributed by atoms with Gasteiger partial charge in [-0.05, 0) is 18.2 Å². The number of carbonyl (C=O) groups is 1. The van der Waals surface area contributed by atoms with Crippen molar-refractivity contribution in [3.8, 4) is 6.07 Å². The van der Waals surface area contributed by atoms with Crippen LogP contribution < -0.4 is 0 Å². The van der Waals surface area contributed by atoms with Crippen LogP contribution in [0.1, 0.15) is 15.2 Å². The molecule has 0 fully saturated rings. The van der Waals surface area contributed by atoms with Gasteiger partial charge in [-0.3, -0.25) is 10.1 Å². The monoisotopic (exact) mass is 306 g/mol. The number of nitro groups is 1. The molecule has 100 valence electrons. The van der Waals surface area contributed by atoms with Gasteiger partial charge in [0.05, 0.1) is 21.5 Å². The third kappa shape index (κ3) is 2.96. The van der Waals surface area contributed by atoms with Gasteiger partial charge in [-0.15, -0.1) is 11.3 Å². The summed E-state index contributed by atoms with van der Waals surface area (Å²) in [6, 6.07) is 7.42. The molecule has 0 atom stereocenters. The molecule has 8 heteroatoms. The van der Waals surface area contributed by atoms with E-state index in [1.54, 1.807) is 5.38 Å². The second-order valence-corrected chi connectivity index (χ2v) is 5.63. The summed E-state index contributed by atoms with van der Waals surface area (Å²) in [5, 5.41) is 30.2. The minimum Gasteiger partial charge on any atom is -0.477 e. The van der Waals surface area contributed by atoms with E-state index in [1.165, 1.54) is 24.3 Å². The molecule has 6 nitrogen and oxygen atoms in total. The fraction of sp³-hybridized carbons (Fsp3) is 0. The number of hydrogen-bond acceptors (Lipinski definition) is 6. The zero-order chi connectivity index (χ0) is 14.7. The third-order valence-electron chi connectivity index (χ3n) is 2.30. The molecule has 0 aliphatic rings. The van der Waals surface area contributed by atoms with Crippen LogP contribution in [0.25, 0.3) is 0 Å². The predicted molar refractivity (Wildman–Crippen MR) is 73.2 cm³/mol. The van der Waals surface area contributed by atoms with E-state index in [1.807, 2.05) is 6.07 Å². The van der Waals surface area contributed by atoms with Gasteiger partial charge in [0.25, 0.3) is 5.69 Å². The van der Waals surface area contributed by atoms with Crippen molar-refractivity contribution in [2.24, 2.45) is 0 Å². The van der Waals surface area contributed by atoms with Crippen LogP contribution in [0.5, 0.6) is 0 Å².